The fraction of sp³-hybridized carbons (Fsp3) is 0.244. The fourth-order valence-corrected chi connectivity index (χ4v) is 8.23. The average molecular weight is 864 g/mol. The molecule has 0 aromatic heterocycles. The quantitative estimate of drug-likeness (QED) is 0.150. The van der Waals surface area contributed by atoms with Crippen LogP contribution in [0.25, 0.3) is 11.1 Å². The summed E-state index contributed by atoms with van der Waals surface area (Å²) in [4.78, 5) is 53.0. The molecule has 0 bridgehead atoms. The van der Waals surface area contributed by atoms with Gasteiger partial charge in [0.25, 0.3) is 11.8 Å². The van der Waals surface area contributed by atoms with Crippen molar-refractivity contribution in [3.05, 3.63) is 153 Å². The number of carboxylic acid groups (broad SMARTS) is 2. The first kappa shape index (κ1) is 43.5. The van der Waals surface area contributed by atoms with E-state index in [2.05, 4.69) is 0 Å². The lowest BCUT2D eigenvalue weighted by Crippen LogP contribution is -2.42. The van der Waals surface area contributed by atoms with Gasteiger partial charge in [0.1, 0.15) is 23.6 Å². The Hall–Kier alpha value is -6.05. The van der Waals surface area contributed by atoms with E-state index in [-0.39, 0.29) is 29.7 Å². The highest BCUT2D eigenvalue weighted by Gasteiger charge is 2.44. The summed E-state index contributed by atoms with van der Waals surface area (Å²) >= 11 is 12.6. The molecule has 312 valence electrons. The van der Waals surface area contributed by atoms with Gasteiger partial charge >= 0.3 is 18.1 Å². The highest BCUT2D eigenvalue weighted by atomic mass is 35.5. The third-order valence-electron chi connectivity index (χ3n) is 10.6. The summed E-state index contributed by atoms with van der Waals surface area (Å²) in [6.45, 7) is 0. The monoisotopic (exact) mass is 862 g/mol. The molecule has 0 saturated carbocycles. The van der Waals surface area contributed by atoms with Crippen LogP contribution in [0.3, 0.4) is 0 Å². The first-order valence-electron chi connectivity index (χ1n) is 18.7. The number of methoxy groups -OCH3 is 2. The van der Waals surface area contributed by atoms with Crippen LogP contribution < -0.4 is 9.47 Å². The predicted molar refractivity (Wildman–Crippen MR) is 218 cm³/mol. The number of halogens is 5. The molecule has 15 heteroatoms. The van der Waals surface area contributed by atoms with Crippen molar-refractivity contribution in [3.63, 3.8) is 0 Å². The van der Waals surface area contributed by atoms with Gasteiger partial charge in [-0.15, -0.1) is 0 Å². The minimum Gasteiger partial charge on any atom is -0.497 e. The lowest BCUT2D eigenvalue weighted by molar-refractivity contribution is -0.142. The lowest BCUT2D eigenvalue weighted by Gasteiger charge is -2.29. The van der Waals surface area contributed by atoms with Gasteiger partial charge in [-0.3, -0.25) is 9.59 Å². The molecule has 2 heterocycles. The molecule has 10 nitrogen and oxygen atoms in total. The van der Waals surface area contributed by atoms with E-state index >= 15 is 0 Å². The molecule has 0 unspecified atom stereocenters. The lowest BCUT2D eigenvalue weighted by atomic mass is 10.0. The second-order valence-corrected chi connectivity index (χ2v) is 14.9. The average Bonchev–Trinajstić information content (AvgIpc) is 3.89. The summed E-state index contributed by atoms with van der Waals surface area (Å²) in [5, 5.41) is 20.2. The van der Waals surface area contributed by atoms with Gasteiger partial charge in [-0.1, -0.05) is 83.9 Å². The van der Waals surface area contributed by atoms with E-state index in [0.717, 1.165) is 33.4 Å². The Balaban J connectivity index is 0.000000202. The number of carboxylic acids is 2. The van der Waals surface area contributed by atoms with E-state index in [0.29, 0.717) is 46.5 Å². The third-order valence-corrected chi connectivity index (χ3v) is 11.3. The van der Waals surface area contributed by atoms with Crippen LogP contribution in [0.5, 0.6) is 11.5 Å². The molecule has 0 radical (unpaired) electrons. The number of hydrogen-bond donors (Lipinski definition) is 2. The number of alkyl halides is 3. The number of carbonyl (C=O) groups excluding carboxylic acids is 2. The van der Waals surface area contributed by atoms with Gasteiger partial charge in [0.05, 0.1) is 31.9 Å². The summed E-state index contributed by atoms with van der Waals surface area (Å²) < 4.78 is 49.9. The molecule has 5 aromatic rings. The van der Waals surface area contributed by atoms with E-state index < -0.39 is 47.7 Å². The van der Waals surface area contributed by atoms with Crippen LogP contribution in [-0.4, -0.2) is 70.1 Å². The number of rotatable bonds is 9. The Morgan fingerprint density at radius 1 is 0.583 bits per heavy atom. The number of carbonyl (C=O) groups is 4. The zero-order valence-corrected chi connectivity index (χ0v) is 33.7. The third kappa shape index (κ3) is 9.37. The van der Waals surface area contributed by atoms with Crippen LogP contribution in [-0.2, 0) is 15.8 Å². The van der Waals surface area contributed by atoms with Gasteiger partial charge < -0.3 is 29.5 Å². The SMILES string of the molecule is COc1cc(C(=O)N2[C@@H](c3ccccc3Cl)CC[C@H]2C(=O)O)cc(C(F)(F)F)c1.COc1cccc(-c2cccc(C(=O)N3[C@@H](c4ccccc4Cl)CC[C@H]3C(=O)O)c2)c1. The van der Waals surface area contributed by atoms with Gasteiger partial charge in [0.15, 0.2) is 0 Å². The fourth-order valence-electron chi connectivity index (χ4n) is 7.71. The number of benzene rings is 5. The molecular formula is C45H39Cl2F3N2O8. The molecule has 2 aliphatic heterocycles. The standard InChI is InChI=1S/C25H22ClNO4.C20H17ClF3NO4/c1-31-19-9-5-7-17(15-19)16-6-4-8-18(14-16)24(28)27-22(12-13-23(27)25(29)30)20-10-2-3-11-21(20)26;1-29-13-9-11(8-12(10-13)20(22,23)24)18(26)25-16(6-7-17(25)19(27)28)14-4-2-3-5-15(14)21/h2-11,14-15,22-23H,12-13H2,1H3,(H,29,30);2-5,8-10,16-17H,6-7H2,1H3,(H,27,28)/t22-,23+;16-,17+/m11/s1. The highest BCUT2D eigenvalue weighted by Crippen LogP contribution is 2.42. The Morgan fingerprint density at radius 2 is 1.07 bits per heavy atom. The van der Waals surface area contributed by atoms with Crippen molar-refractivity contribution >= 4 is 47.0 Å². The van der Waals surface area contributed by atoms with Crippen molar-refractivity contribution in [1.29, 1.82) is 0 Å². The van der Waals surface area contributed by atoms with Crippen LogP contribution in [0, 0.1) is 0 Å². The minimum atomic E-state index is -4.69. The Morgan fingerprint density at radius 3 is 1.55 bits per heavy atom. The molecule has 5 aromatic carbocycles. The van der Waals surface area contributed by atoms with Crippen LogP contribution in [0.2, 0.25) is 10.0 Å². The highest BCUT2D eigenvalue weighted by molar-refractivity contribution is 6.31. The molecule has 0 aliphatic carbocycles. The van der Waals surface area contributed by atoms with Gasteiger partial charge in [0.2, 0.25) is 0 Å². The number of ether oxygens (including phenoxy) is 2. The van der Waals surface area contributed by atoms with E-state index in [1.807, 2.05) is 48.5 Å². The maximum absolute atomic E-state index is 13.6. The van der Waals surface area contributed by atoms with Crippen molar-refractivity contribution in [1.82, 2.24) is 9.80 Å². The summed E-state index contributed by atoms with van der Waals surface area (Å²) in [5.74, 6) is -2.82. The van der Waals surface area contributed by atoms with Crippen molar-refractivity contribution in [2.45, 2.75) is 56.0 Å². The van der Waals surface area contributed by atoms with Crippen LogP contribution in [0.4, 0.5) is 13.2 Å². The molecular weight excluding hydrogens is 824 g/mol. The number of amides is 2. The van der Waals surface area contributed by atoms with E-state index in [9.17, 15) is 42.6 Å². The van der Waals surface area contributed by atoms with Crippen LogP contribution >= 0.6 is 23.2 Å². The zero-order valence-electron chi connectivity index (χ0n) is 32.2. The number of hydrogen-bond acceptors (Lipinski definition) is 6. The van der Waals surface area contributed by atoms with E-state index in [4.69, 9.17) is 32.7 Å². The van der Waals surface area contributed by atoms with E-state index in [1.54, 1.807) is 55.6 Å². The molecule has 2 N–H and O–H groups in total. The summed E-state index contributed by atoms with van der Waals surface area (Å²) in [7, 11) is 2.79. The maximum atomic E-state index is 13.6. The molecule has 2 fully saturated rings. The van der Waals surface area contributed by atoms with Crippen molar-refractivity contribution in [2.75, 3.05) is 14.2 Å². The first-order chi connectivity index (χ1) is 28.6. The van der Waals surface area contributed by atoms with Crippen LogP contribution in [0.15, 0.2) is 115 Å². The minimum absolute atomic E-state index is 0.149. The summed E-state index contributed by atoms with van der Waals surface area (Å²) in [5.41, 5.74) is 2.15. The van der Waals surface area contributed by atoms with Crippen LogP contribution in [0.1, 0.15) is 75.2 Å². The molecule has 2 amide bonds. The van der Waals surface area contributed by atoms with Gasteiger partial charge in [-0.2, -0.15) is 13.2 Å². The van der Waals surface area contributed by atoms with E-state index in [1.165, 1.54) is 18.1 Å². The van der Waals surface area contributed by atoms with Crippen molar-refractivity contribution in [3.8, 4) is 22.6 Å². The Bertz CT molecular complexity index is 2410. The molecule has 4 atom stereocenters. The number of likely N-dealkylation sites (tertiary alicyclic amines) is 2. The second kappa shape index (κ2) is 18.5. The zero-order chi connectivity index (χ0) is 43.3. The molecule has 2 saturated heterocycles. The number of nitrogens with zero attached hydrogens (tertiary/aromatic N) is 2. The number of aliphatic carboxylic acids is 2. The smallest absolute Gasteiger partial charge is 0.416 e. The molecule has 2 aliphatic rings. The maximum Gasteiger partial charge on any atom is 0.416 e. The largest absolute Gasteiger partial charge is 0.497 e. The molecule has 0 spiro atoms. The Labute approximate surface area is 353 Å². The van der Waals surface area contributed by atoms with Gasteiger partial charge in [-0.05, 0) is 103 Å². The van der Waals surface area contributed by atoms with Gasteiger partial charge in [0, 0.05) is 21.2 Å². The summed E-state index contributed by atoms with van der Waals surface area (Å²) in [6, 6.07) is 28.3. The second-order valence-electron chi connectivity index (χ2n) is 14.1. The Kier molecular flexibility index (Phi) is 13.4. The first-order valence-corrected chi connectivity index (χ1v) is 19.5. The topological polar surface area (TPSA) is 134 Å². The van der Waals surface area contributed by atoms with Crippen molar-refractivity contribution < 1.29 is 52.0 Å². The molecule has 60 heavy (non-hydrogen) atoms. The normalized spacial score (nSPS) is 18.6. The van der Waals surface area contributed by atoms with Crippen molar-refractivity contribution in [2.24, 2.45) is 0 Å². The summed E-state index contributed by atoms with van der Waals surface area (Å²) in [6.07, 6.45) is -3.28. The van der Waals surface area contributed by atoms with Gasteiger partial charge in [-0.25, -0.2) is 9.59 Å². The molecule has 7 rings (SSSR count). The predicted octanol–water partition coefficient (Wildman–Crippen LogP) is 10.2.